The number of hydrogen-bond donors (Lipinski definition) is 1. The lowest BCUT2D eigenvalue weighted by Crippen LogP contribution is -2.32. The van der Waals surface area contributed by atoms with Crippen LogP contribution in [0.1, 0.15) is 18.5 Å². The Hall–Kier alpha value is -0.650. The summed E-state index contributed by atoms with van der Waals surface area (Å²) in [5.41, 5.74) is 1.14. The van der Waals surface area contributed by atoms with Crippen molar-refractivity contribution in [1.29, 1.82) is 0 Å². The first kappa shape index (κ1) is 12.8. The van der Waals surface area contributed by atoms with Gasteiger partial charge in [-0.05, 0) is 24.6 Å². The van der Waals surface area contributed by atoms with Crippen molar-refractivity contribution in [2.24, 2.45) is 0 Å². The van der Waals surface area contributed by atoms with E-state index in [1.165, 1.54) is 5.41 Å². The van der Waals surface area contributed by atoms with Gasteiger partial charge in [0.15, 0.2) is 9.84 Å². The lowest BCUT2D eigenvalue weighted by molar-refractivity contribution is 0.535. The van der Waals surface area contributed by atoms with E-state index in [9.17, 15) is 8.42 Å². The van der Waals surface area contributed by atoms with Crippen molar-refractivity contribution in [1.82, 2.24) is 5.32 Å². The molecule has 2 unspecified atom stereocenters. The van der Waals surface area contributed by atoms with Crippen LogP contribution in [0.4, 0.5) is 0 Å². The normalized spacial score (nSPS) is 23.8. The van der Waals surface area contributed by atoms with Crippen molar-refractivity contribution in [3.63, 3.8) is 0 Å². The first-order chi connectivity index (χ1) is 7.96. The van der Waals surface area contributed by atoms with Gasteiger partial charge in [0, 0.05) is 22.0 Å². The highest BCUT2D eigenvalue weighted by Gasteiger charge is 2.22. The molecule has 1 heterocycles. The minimum Gasteiger partial charge on any atom is -0.303 e. The van der Waals surface area contributed by atoms with Gasteiger partial charge in [-0.2, -0.15) is 0 Å². The first-order valence-corrected chi connectivity index (χ1v) is 7.89. The number of benzene rings is 1. The van der Waals surface area contributed by atoms with E-state index in [2.05, 4.69) is 21.2 Å². The van der Waals surface area contributed by atoms with Gasteiger partial charge in [-0.25, -0.2) is 8.42 Å². The average molecular weight is 316 g/mol. The molecule has 2 rings (SSSR count). The minimum absolute atomic E-state index is 0.0889. The number of halogens is 1. The third kappa shape index (κ3) is 3.40. The fraction of sp³-hybridized carbons (Fsp3) is 0.333. The van der Waals surface area contributed by atoms with Crippen molar-refractivity contribution < 1.29 is 8.42 Å². The molecule has 0 spiro atoms. The number of rotatable bonds is 3. The summed E-state index contributed by atoms with van der Waals surface area (Å²) in [6.45, 7) is 2.03. The molecular formula is C12H14BrNO2S. The molecule has 1 aliphatic rings. The molecule has 1 aliphatic heterocycles. The second-order valence-electron chi connectivity index (χ2n) is 4.21. The van der Waals surface area contributed by atoms with Crippen LogP contribution in [0, 0.1) is 0 Å². The lowest BCUT2D eigenvalue weighted by atomic mass is 10.1. The molecule has 3 nitrogen and oxygen atoms in total. The molecule has 0 aromatic heterocycles. The van der Waals surface area contributed by atoms with Crippen LogP contribution in [-0.4, -0.2) is 20.2 Å². The standard InChI is InChI=1S/C12H14BrNO2S/c1-9(10-3-2-4-11(13)7-10)14-12-5-6-17(15,16)8-12/h2-7,9,12,14H,8H2,1H3. The Morgan fingerprint density at radius 2 is 2.24 bits per heavy atom. The van der Waals surface area contributed by atoms with Crippen LogP contribution in [-0.2, 0) is 9.84 Å². The maximum Gasteiger partial charge on any atom is 0.173 e. The van der Waals surface area contributed by atoms with Gasteiger partial charge in [0.2, 0.25) is 0 Å². The molecular weight excluding hydrogens is 302 g/mol. The van der Waals surface area contributed by atoms with Gasteiger partial charge in [-0.3, -0.25) is 0 Å². The van der Waals surface area contributed by atoms with E-state index in [1.54, 1.807) is 6.08 Å². The van der Waals surface area contributed by atoms with Gasteiger partial charge in [-0.15, -0.1) is 0 Å². The van der Waals surface area contributed by atoms with E-state index in [4.69, 9.17) is 0 Å². The van der Waals surface area contributed by atoms with Crippen molar-refractivity contribution in [3.05, 3.63) is 45.8 Å². The van der Waals surface area contributed by atoms with E-state index in [0.29, 0.717) is 0 Å². The van der Waals surface area contributed by atoms with Crippen LogP contribution in [0.25, 0.3) is 0 Å². The van der Waals surface area contributed by atoms with Crippen LogP contribution in [0.3, 0.4) is 0 Å². The predicted octanol–water partition coefficient (Wildman–Crippen LogP) is 2.41. The molecule has 0 saturated carbocycles. The Balaban J connectivity index is 2.03. The molecule has 17 heavy (non-hydrogen) atoms. The molecule has 0 fully saturated rings. The quantitative estimate of drug-likeness (QED) is 0.931. The monoisotopic (exact) mass is 315 g/mol. The van der Waals surface area contributed by atoms with Gasteiger partial charge >= 0.3 is 0 Å². The third-order valence-electron chi connectivity index (χ3n) is 2.74. The van der Waals surface area contributed by atoms with E-state index < -0.39 is 9.84 Å². The Kier molecular flexibility index (Phi) is 3.70. The van der Waals surface area contributed by atoms with Gasteiger partial charge in [0.25, 0.3) is 0 Å². The van der Waals surface area contributed by atoms with Gasteiger partial charge < -0.3 is 5.32 Å². The zero-order valence-corrected chi connectivity index (χ0v) is 11.8. The molecule has 0 saturated heterocycles. The Bertz CT molecular complexity index is 539. The van der Waals surface area contributed by atoms with Crippen LogP contribution in [0.5, 0.6) is 0 Å². The predicted molar refractivity (Wildman–Crippen MR) is 72.4 cm³/mol. The molecule has 2 atom stereocenters. The molecule has 1 aromatic rings. The summed E-state index contributed by atoms with van der Waals surface area (Å²) in [4.78, 5) is 0. The zero-order valence-electron chi connectivity index (χ0n) is 9.43. The minimum atomic E-state index is -2.98. The van der Waals surface area contributed by atoms with Crippen LogP contribution in [0.2, 0.25) is 0 Å². The van der Waals surface area contributed by atoms with E-state index >= 15 is 0 Å². The highest BCUT2D eigenvalue weighted by atomic mass is 79.9. The number of nitrogens with one attached hydrogen (secondary N) is 1. The van der Waals surface area contributed by atoms with Crippen LogP contribution in [0.15, 0.2) is 40.2 Å². The number of hydrogen-bond acceptors (Lipinski definition) is 3. The molecule has 0 amide bonds. The van der Waals surface area contributed by atoms with Crippen molar-refractivity contribution >= 4 is 25.8 Å². The van der Waals surface area contributed by atoms with Crippen LogP contribution >= 0.6 is 15.9 Å². The Labute approximate surface area is 110 Å². The first-order valence-electron chi connectivity index (χ1n) is 5.39. The summed E-state index contributed by atoms with van der Waals surface area (Å²) in [5, 5.41) is 4.58. The summed E-state index contributed by atoms with van der Waals surface area (Å²) in [7, 11) is -2.98. The summed E-state index contributed by atoms with van der Waals surface area (Å²) in [6, 6.07) is 8.03. The molecule has 1 N–H and O–H groups in total. The summed E-state index contributed by atoms with van der Waals surface area (Å²) in [5.74, 6) is 0.158. The maximum absolute atomic E-state index is 11.3. The topological polar surface area (TPSA) is 46.2 Å². The SMILES string of the molecule is CC(NC1C=CS(=O)(=O)C1)c1cccc(Br)c1. The highest BCUT2D eigenvalue weighted by molar-refractivity contribution is 9.10. The molecule has 0 aliphatic carbocycles. The van der Waals surface area contributed by atoms with Crippen molar-refractivity contribution in [2.45, 2.75) is 19.0 Å². The highest BCUT2D eigenvalue weighted by Crippen LogP contribution is 2.19. The zero-order chi connectivity index (χ0) is 12.5. The molecule has 1 aromatic carbocycles. The van der Waals surface area contributed by atoms with Gasteiger partial charge in [0.05, 0.1) is 5.75 Å². The second kappa shape index (κ2) is 4.92. The van der Waals surface area contributed by atoms with Crippen molar-refractivity contribution in [2.75, 3.05) is 5.75 Å². The van der Waals surface area contributed by atoms with E-state index in [1.807, 2.05) is 31.2 Å². The largest absolute Gasteiger partial charge is 0.303 e. The van der Waals surface area contributed by atoms with E-state index in [0.717, 1.165) is 10.0 Å². The molecule has 92 valence electrons. The molecule has 0 radical (unpaired) electrons. The second-order valence-corrected chi connectivity index (χ2v) is 7.05. The summed E-state index contributed by atoms with van der Waals surface area (Å²) in [6.07, 6.45) is 1.71. The Morgan fingerprint density at radius 1 is 1.47 bits per heavy atom. The lowest BCUT2D eigenvalue weighted by Gasteiger charge is -2.18. The van der Waals surface area contributed by atoms with Gasteiger partial charge in [-0.1, -0.05) is 34.1 Å². The molecule has 0 bridgehead atoms. The third-order valence-corrected chi connectivity index (χ3v) is 4.63. The van der Waals surface area contributed by atoms with Crippen molar-refractivity contribution in [3.8, 4) is 0 Å². The van der Waals surface area contributed by atoms with E-state index in [-0.39, 0.29) is 17.8 Å². The van der Waals surface area contributed by atoms with Crippen LogP contribution < -0.4 is 5.32 Å². The average Bonchev–Trinajstić information content (AvgIpc) is 2.58. The maximum atomic E-state index is 11.3. The molecule has 5 heteroatoms. The Morgan fingerprint density at radius 3 is 2.82 bits per heavy atom. The number of sulfone groups is 1. The smallest absolute Gasteiger partial charge is 0.173 e. The fourth-order valence-electron chi connectivity index (χ4n) is 1.87. The fourth-order valence-corrected chi connectivity index (χ4v) is 3.54. The van der Waals surface area contributed by atoms with Gasteiger partial charge in [0.1, 0.15) is 0 Å². The summed E-state index contributed by atoms with van der Waals surface area (Å²) >= 11 is 3.42. The summed E-state index contributed by atoms with van der Waals surface area (Å²) < 4.78 is 23.6.